The van der Waals surface area contributed by atoms with E-state index in [-0.39, 0.29) is 34.3 Å². The van der Waals surface area contributed by atoms with Gasteiger partial charge in [0.1, 0.15) is 11.4 Å². The second-order valence-corrected chi connectivity index (χ2v) is 7.61. The van der Waals surface area contributed by atoms with Crippen LogP contribution in [0.3, 0.4) is 0 Å². The molecule has 0 atom stereocenters. The maximum Gasteiger partial charge on any atom is 0.433 e. The molecule has 0 spiro atoms. The van der Waals surface area contributed by atoms with Gasteiger partial charge >= 0.3 is 12.1 Å². The largest absolute Gasteiger partial charge is 0.469 e. The van der Waals surface area contributed by atoms with Gasteiger partial charge in [-0.3, -0.25) is 14.3 Å². The van der Waals surface area contributed by atoms with Crippen molar-refractivity contribution in [3.05, 3.63) is 52.9 Å². The first-order valence-corrected chi connectivity index (χ1v) is 9.65. The number of esters is 1. The number of carbonyl (C=O) groups is 2. The topological polar surface area (TPSA) is 86.1 Å². The molecule has 1 fully saturated rings. The summed E-state index contributed by atoms with van der Waals surface area (Å²) < 4.78 is 45.0. The molecule has 1 N–H and O–H groups in total. The molecule has 0 radical (unpaired) electrons. The lowest BCUT2D eigenvalue weighted by Gasteiger charge is -2.33. The molecule has 31 heavy (non-hydrogen) atoms. The summed E-state index contributed by atoms with van der Waals surface area (Å²) >= 11 is 6.23. The highest BCUT2D eigenvalue weighted by molar-refractivity contribution is 6.34. The number of nitrogens with one attached hydrogen (secondary N) is 1. The minimum absolute atomic E-state index is 0.0441. The van der Waals surface area contributed by atoms with Gasteiger partial charge in [0, 0.05) is 11.6 Å². The summed E-state index contributed by atoms with van der Waals surface area (Å²) in [6, 6.07) is 6.27. The Morgan fingerprint density at radius 3 is 2.68 bits per heavy atom. The summed E-state index contributed by atoms with van der Waals surface area (Å²) in [5.41, 5.74) is -0.737. The van der Waals surface area contributed by atoms with Crippen molar-refractivity contribution in [1.29, 1.82) is 0 Å². The molecule has 7 nitrogen and oxygen atoms in total. The first kappa shape index (κ1) is 21.1. The lowest BCUT2D eigenvalue weighted by Crippen LogP contribution is -2.33. The SMILES string of the molecule is COC(=O)[C@H]1C[C@@H](n2cc3cc(NC(=O)c4cccc(C(F)(F)F)n4)c(Cl)cc3n2)C1. The number of ether oxygens (including phenoxy) is 1. The van der Waals surface area contributed by atoms with E-state index < -0.39 is 17.8 Å². The van der Waals surface area contributed by atoms with Crippen LogP contribution in [0.5, 0.6) is 0 Å². The third kappa shape index (κ3) is 4.20. The number of hydrogen-bond donors (Lipinski definition) is 1. The van der Waals surface area contributed by atoms with Crippen molar-refractivity contribution in [2.24, 2.45) is 5.92 Å². The summed E-state index contributed by atoms with van der Waals surface area (Å²) in [4.78, 5) is 27.3. The van der Waals surface area contributed by atoms with Crippen LogP contribution >= 0.6 is 11.6 Å². The zero-order valence-corrected chi connectivity index (χ0v) is 16.9. The lowest BCUT2D eigenvalue weighted by atomic mass is 9.80. The number of rotatable bonds is 4. The third-order valence-corrected chi connectivity index (χ3v) is 5.47. The molecular weight excluding hydrogens is 437 g/mol. The Hall–Kier alpha value is -3.14. The summed E-state index contributed by atoms with van der Waals surface area (Å²) in [5.74, 6) is -1.22. The summed E-state index contributed by atoms with van der Waals surface area (Å²) in [6.07, 6.45) is -1.67. The molecular formula is C20H16ClF3N4O3. The molecule has 11 heteroatoms. The van der Waals surface area contributed by atoms with Crippen LogP contribution in [-0.4, -0.2) is 33.8 Å². The van der Waals surface area contributed by atoms with E-state index in [0.717, 1.165) is 12.1 Å². The van der Waals surface area contributed by atoms with Gasteiger partial charge in [-0.2, -0.15) is 18.3 Å². The van der Waals surface area contributed by atoms with Crippen molar-refractivity contribution in [3.63, 3.8) is 0 Å². The molecule has 162 valence electrons. The van der Waals surface area contributed by atoms with Crippen LogP contribution in [0.2, 0.25) is 5.02 Å². The molecule has 2 heterocycles. The number of aromatic nitrogens is 3. The minimum atomic E-state index is -4.66. The number of hydrogen-bond acceptors (Lipinski definition) is 5. The Morgan fingerprint density at radius 1 is 1.26 bits per heavy atom. The normalized spacial score (nSPS) is 18.5. The van der Waals surface area contributed by atoms with Gasteiger partial charge in [-0.25, -0.2) is 4.98 Å². The van der Waals surface area contributed by atoms with Gasteiger partial charge in [0.2, 0.25) is 0 Å². The fourth-order valence-corrected chi connectivity index (χ4v) is 3.62. The molecule has 1 aliphatic rings. The standard InChI is InChI=1S/C20H16ClF3N4O3/c1-31-19(30)10-5-12(6-10)28-9-11-7-16(13(21)8-15(11)27-28)26-18(29)14-3-2-4-17(25-14)20(22,23)24/h2-4,7-10,12H,5-6H2,1H3,(H,26,29)/t10-,12+. The molecule has 1 aliphatic carbocycles. The van der Waals surface area contributed by atoms with E-state index in [9.17, 15) is 22.8 Å². The number of anilines is 1. The second kappa shape index (κ2) is 7.84. The van der Waals surface area contributed by atoms with E-state index in [4.69, 9.17) is 16.3 Å². The number of alkyl halides is 3. The average Bonchev–Trinajstić information content (AvgIpc) is 3.08. The van der Waals surface area contributed by atoms with Gasteiger partial charge in [0.05, 0.1) is 35.3 Å². The Kier molecular flexibility index (Phi) is 5.34. The van der Waals surface area contributed by atoms with Crippen molar-refractivity contribution in [3.8, 4) is 0 Å². The first-order valence-electron chi connectivity index (χ1n) is 9.27. The summed E-state index contributed by atoms with van der Waals surface area (Å²) in [6.45, 7) is 0. The molecule has 2 aromatic heterocycles. The fraction of sp³-hybridized carbons (Fsp3) is 0.300. The zero-order valence-electron chi connectivity index (χ0n) is 16.1. The van der Waals surface area contributed by atoms with E-state index in [0.29, 0.717) is 23.7 Å². The quantitative estimate of drug-likeness (QED) is 0.590. The first-order chi connectivity index (χ1) is 14.7. The van der Waals surface area contributed by atoms with Crippen molar-refractivity contribution in [1.82, 2.24) is 14.8 Å². The summed E-state index contributed by atoms with van der Waals surface area (Å²) in [5, 5.41) is 7.82. The minimum Gasteiger partial charge on any atom is -0.469 e. The highest BCUT2D eigenvalue weighted by atomic mass is 35.5. The number of pyridine rings is 1. The Labute approximate surface area is 179 Å². The van der Waals surface area contributed by atoms with E-state index in [1.807, 2.05) is 0 Å². The van der Waals surface area contributed by atoms with Crippen LogP contribution in [0.4, 0.5) is 18.9 Å². The Morgan fingerprint density at radius 2 is 2.00 bits per heavy atom. The second-order valence-electron chi connectivity index (χ2n) is 7.21. The summed E-state index contributed by atoms with van der Waals surface area (Å²) in [7, 11) is 1.35. The Balaban J connectivity index is 1.53. The average molecular weight is 453 g/mol. The predicted octanol–water partition coefficient (Wildman–Crippen LogP) is 4.48. The van der Waals surface area contributed by atoms with Gasteiger partial charge < -0.3 is 10.1 Å². The van der Waals surface area contributed by atoms with Crippen LogP contribution in [0.15, 0.2) is 36.5 Å². The molecule has 0 unspecified atom stereocenters. The molecule has 1 aromatic carbocycles. The van der Waals surface area contributed by atoms with Gasteiger partial charge in [-0.05, 0) is 37.1 Å². The van der Waals surface area contributed by atoms with Gasteiger partial charge in [0.15, 0.2) is 0 Å². The van der Waals surface area contributed by atoms with E-state index in [1.165, 1.54) is 13.2 Å². The molecule has 0 aliphatic heterocycles. The molecule has 0 saturated heterocycles. The van der Waals surface area contributed by atoms with Gasteiger partial charge in [-0.1, -0.05) is 17.7 Å². The van der Waals surface area contributed by atoms with E-state index >= 15 is 0 Å². The highest BCUT2D eigenvalue weighted by Gasteiger charge is 2.37. The van der Waals surface area contributed by atoms with E-state index in [2.05, 4.69) is 15.4 Å². The van der Waals surface area contributed by atoms with E-state index in [1.54, 1.807) is 23.0 Å². The maximum atomic E-state index is 12.8. The highest BCUT2D eigenvalue weighted by Crippen LogP contribution is 2.39. The van der Waals surface area contributed by atoms with Crippen molar-refractivity contribution < 1.29 is 27.5 Å². The molecule has 1 amide bonds. The van der Waals surface area contributed by atoms with Crippen LogP contribution in [-0.2, 0) is 15.7 Å². The van der Waals surface area contributed by atoms with Crippen molar-refractivity contribution in [2.75, 3.05) is 12.4 Å². The fourth-order valence-electron chi connectivity index (χ4n) is 3.42. The zero-order chi connectivity index (χ0) is 22.3. The van der Waals surface area contributed by atoms with Crippen LogP contribution in [0, 0.1) is 5.92 Å². The number of nitrogens with zero attached hydrogens (tertiary/aromatic N) is 3. The van der Waals surface area contributed by atoms with Crippen LogP contribution < -0.4 is 5.32 Å². The molecule has 3 aromatic rings. The number of methoxy groups -OCH3 is 1. The van der Waals surface area contributed by atoms with Crippen molar-refractivity contribution in [2.45, 2.75) is 25.1 Å². The molecule has 1 saturated carbocycles. The van der Waals surface area contributed by atoms with Gasteiger partial charge in [0.25, 0.3) is 5.91 Å². The lowest BCUT2D eigenvalue weighted by molar-refractivity contribution is -0.149. The number of amides is 1. The number of carbonyl (C=O) groups excluding carboxylic acids is 2. The van der Waals surface area contributed by atoms with Crippen LogP contribution in [0.25, 0.3) is 10.9 Å². The molecule has 4 rings (SSSR count). The van der Waals surface area contributed by atoms with Crippen molar-refractivity contribution >= 4 is 40.1 Å². The van der Waals surface area contributed by atoms with Crippen LogP contribution in [0.1, 0.15) is 35.1 Å². The predicted molar refractivity (Wildman–Crippen MR) is 106 cm³/mol. The number of benzene rings is 1. The monoisotopic (exact) mass is 452 g/mol. The number of fused-ring (bicyclic) bond motifs is 1. The Bertz CT molecular complexity index is 1170. The maximum absolute atomic E-state index is 12.8. The molecule has 0 bridgehead atoms. The number of halogens is 4. The third-order valence-electron chi connectivity index (χ3n) is 5.15. The van der Waals surface area contributed by atoms with Gasteiger partial charge in [-0.15, -0.1) is 0 Å². The smallest absolute Gasteiger partial charge is 0.433 e.